The lowest BCUT2D eigenvalue weighted by atomic mass is 10.0. The van der Waals surface area contributed by atoms with E-state index < -0.39 is 60.2 Å². The van der Waals surface area contributed by atoms with Gasteiger partial charge in [0, 0.05) is 45.0 Å². The van der Waals surface area contributed by atoms with E-state index >= 15 is 4.79 Å². The van der Waals surface area contributed by atoms with Crippen LogP contribution >= 0.6 is 0 Å². The Bertz CT molecular complexity index is 2190. The van der Waals surface area contributed by atoms with E-state index in [1.807, 2.05) is 54.6 Å². The van der Waals surface area contributed by atoms with Crippen molar-refractivity contribution in [3.05, 3.63) is 112 Å². The van der Waals surface area contributed by atoms with Gasteiger partial charge in [-0.05, 0) is 88.3 Å². The van der Waals surface area contributed by atoms with E-state index in [1.165, 1.54) is 28.6 Å². The number of benzene rings is 3. The smallest absolute Gasteiger partial charge is 0.289 e. The fourth-order valence-corrected chi connectivity index (χ4v) is 23.6. The molecule has 0 unspecified atom stereocenters. The Morgan fingerprint density at radius 2 is 1.22 bits per heavy atom. The molecule has 16 heteroatoms. The predicted octanol–water partition coefficient (Wildman–Crippen LogP) is 11.6. The van der Waals surface area contributed by atoms with Crippen LogP contribution in [0, 0.1) is 10.1 Å². The second-order valence-electron chi connectivity index (χ2n) is 20.5. The van der Waals surface area contributed by atoms with Crippen LogP contribution in [-0.4, -0.2) is 95.9 Å². The predicted molar refractivity (Wildman–Crippen MR) is 282 cm³/mol. The minimum Gasteiger partial charge on any atom is -0.489 e. The summed E-state index contributed by atoms with van der Waals surface area (Å²) in [5.41, 5.74) is 3.43. The molecule has 13 nitrogen and oxygen atoms in total. The number of carbonyl (C=O) groups excluding carboxylic acids is 2. The number of hydrogen-bond acceptors (Lipinski definition) is 9. The van der Waals surface area contributed by atoms with Crippen LogP contribution in [0.1, 0.15) is 120 Å². The summed E-state index contributed by atoms with van der Waals surface area (Å²) in [6.45, 7) is 27.8. The average molecular weight is 1010 g/mol. The van der Waals surface area contributed by atoms with Gasteiger partial charge in [0.15, 0.2) is 21.5 Å². The van der Waals surface area contributed by atoms with Gasteiger partial charge in [-0.3, -0.25) is 19.7 Å². The molecule has 2 amide bonds. The van der Waals surface area contributed by atoms with Crippen molar-refractivity contribution in [2.24, 2.45) is 0 Å². The van der Waals surface area contributed by atoms with Crippen molar-refractivity contribution in [3.63, 3.8) is 0 Å². The molecule has 3 aromatic rings. The maximum Gasteiger partial charge on any atom is 0.289 e. The van der Waals surface area contributed by atoms with Crippen molar-refractivity contribution >= 4 is 44.2 Å². The van der Waals surface area contributed by atoms with Gasteiger partial charge in [0.1, 0.15) is 18.4 Å². The number of rotatable bonds is 24. The van der Waals surface area contributed by atoms with E-state index in [0.29, 0.717) is 84.5 Å². The summed E-state index contributed by atoms with van der Waals surface area (Å²) in [7, 11) is -8.93. The monoisotopic (exact) mass is 1010 g/mol. The van der Waals surface area contributed by atoms with Crippen molar-refractivity contribution in [2.45, 2.75) is 172 Å². The highest BCUT2D eigenvalue weighted by Gasteiger charge is 2.46. The van der Waals surface area contributed by atoms with Crippen molar-refractivity contribution in [1.82, 2.24) is 14.5 Å². The standard InChI is InChI=1S/C53H82N4O9SSi2/c1-39(2)68(40(3)4,41(5)6)65-34-20-24-47-37-55(67(62,63)51-27-17-16-25-49(51)57(60)61)32-18-19-33-56(50(53(59)54-47)26-21-35-66-69(42(7)8,43(9)10)44(11)12)52(58)36-45-28-30-48(31-29-45)64-38-46-22-14-13-15-23-46/h13-19,22-23,25,27-31,39-44,47,50H,20-21,24,26,32-38H2,1-12H3,(H,54,59)/b19-18+/t47-,50-/m1/s1. The molecule has 2 atom stereocenters. The molecule has 1 heterocycles. The van der Waals surface area contributed by atoms with E-state index in [-0.39, 0.29) is 32.0 Å². The Balaban J connectivity index is 1.72. The number of amides is 2. The highest BCUT2D eigenvalue weighted by molar-refractivity contribution is 7.89. The fraction of sp³-hybridized carbons (Fsp3) is 0.585. The summed E-state index contributed by atoms with van der Waals surface area (Å²) in [6.07, 6.45) is 5.13. The highest BCUT2D eigenvalue weighted by Crippen LogP contribution is 2.43. The Morgan fingerprint density at radius 1 is 0.710 bits per heavy atom. The molecule has 4 rings (SSSR count). The topological polar surface area (TPSA) is 158 Å². The number of nitro groups is 1. The second kappa shape index (κ2) is 26.3. The first-order valence-corrected chi connectivity index (χ1v) is 30.8. The minimum absolute atomic E-state index is 0.0172. The summed E-state index contributed by atoms with van der Waals surface area (Å²) in [5, 5.41) is 15.4. The third-order valence-corrected chi connectivity index (χ3v) is 28.3. The van der Waals surface area contributed by atoms with Crippen molar-refractivity contribution < 1.29 is 36.5 Å². The summed E-state index contributed by atoms with van der Waals surface area (Å²) >= 11 is 0. The number of ether oxygens (including phenoxy) is 1. The maximum absolute atomic E-state index is 15.0. The van der Waals surface area contributed by atoms with Crippen molar-refractivity contribution in [1.29, 1.82) is 0 Å². The third-order valence-electron chi connectivity index (χ3n) is 14.2. The Morgan fingerprint density at radius 3 is 1.75 bits per heavy atom. The lowest BCUT2D eigenvalue weighted by Gasteiger charge is -2.42. The number of para-hydroxylation sites is 1. The quantitative estimate of drug-likeness (QED) is 0.0303. The zero-order chi connectivity index (χ0) is 51.1. The molecule has 0 aromatic heterocycles. The van der Waals surface area contributed by atoms with Gasteiger partial charge in [-0.2, -0.15) is 4.31 Å². The van der Waals surface area contributed by atoms with Gasteiger partial charge in [-0.1, -0.05) is 150 Å². The van der Waals surface area contributed by atoms with Gasteiger partial charge in [0.05, 0.1) is 11.3 Å². The molecular formula is C53H82N4O9SSi2. The van der Waals surface area contributed by atoms with Gasteiger partial charge in [-0.15, -0.1) is 0 Å². The number of hydrogen-bond donors (Lipinski definition) is 1. The van der Waals surface area contributed by atoms with E-state index in [9.17, 15) is 23.3 Å². The molecule has 0 bridgehead atoms. The van der Waals surface area contributed by atoms with E-state index in [0.717, 1.165) is 11.1 Å². The van der Waals surface area contributed by atoms with Gasteiger partial charge in [-0.25, -0.2) is 8.42 Å². The molecule has 0 radical (unpaired) electrons. The first-order chi connectivity index (χ1) is 32.6. The molecule has 3 aromatic carbocycles. The summed E-state index contributed by atoms with van der Waals surface area (Å²) in [5.74, 6) is 0.00392. The molecular weight excluding hydrogens is 925 g/mol. The first kappa shape index (κ1) is 57.4. The zero-order valence-electron chi connectivity index (χ0n) is 43.5. The first-order valence-electron chi connectivity index (χ1n) is 25.1. The van der Waals surface area contributed by atoms with Crippen LogP contribution in [0.2, 0.25) is 33.2 Å². The van der Waals surface area contributed by atoms with Gasteiger partial charge in [0.25, 0.3) is 5.69 Å². The summed E-state index contributed by atoms with van der Waals surface area (Å²) in [4.78, 5) is 42.3. The van der Waals surface area contributed by atoms with E-state index in [2.05, 4.69) is 88.4 Å². The molecule has 69 heavy (non-hydrogen) atoms. The van der Waals surface area contributed by atoms with Crippen LogP contribution in [0.5, 0.6) is 5.75 Å². The fourth-order valence-electron chi connectivity index (χ4n) is 11.0. The SMILES string of the molecule is CC(C)[Si](OCCC[C@@H]1CN(S(=O)(=O)c2ccccc2[N+](=O)[O-])C/C=C/CN(C(=O)Cc2ccc(OCc3ccccc3)cc2)[C@H](CCCO[Si](C(C)C)(C(C)C)C(C)C)C(=O)N1)(C(C)C)C(C)C. The lowest BCUT2D eigenvalue weighted by molar-refractivity contribution is -0.387. The number of carbonyl (C=O) groups is 2. The minimum atomic E-state index is -4.45. The van der Waals surface area contributed by atoms with Crippen LogP contribution in [0.15, 0.2) is 95.9 Å². The van der Waals surface area contributed by atoms with Crippen LogP contribution in [0.4, 0.5) is 5.69 Å². The number of sulfonamides is 1. The Kier molecular flexibility index (Phi) is 21.9. The molecule has 0 spiro atoms. The van der Waals surface area contributed by atoms with Crippen LogP contribution in [0.3, 0.4) is 0 Å². The number of nitro benzene ring substituents is 1. The largest absolute Gasteiger partial charge is 0.489 e. The van der Waals surface area contributed by atoms with E-state index in [1.54, 1.807) is 17.1 Å². The second-order valence-corrected chi connectivity index (χ2v) is 33.3. The Hall–Kier alpha value is -4.20. The van der Waals surface area contributed by atoms with Crippen molar-refractivity contribution in [3.8, 4) is 5.75 Å². The van der Waals surface area contributed by atoms with Crippen LogP contribution in [-0.2, 0) is 41.5 Å². The molecule has 1 aliphatic heterocycles. The van der Waals surface area contributed by atoms with Crippen molar-refractivity contribution in [2.75, 3.05) is 32.8 Å². The average Bonchev–Trinajstić information content (AvgIpc) is 3.32. The molecule has 0 saturated carbocycles. The summed E-state index contributed by atoms with van der Waals surface area (Å²) in [6, 6.07) is 20.9. The molecule has 1 N–H and O–H groups in total. The normalized spacial score (nSPS) is 17.5. The summed E-state index contributed by atoms with van der Waals surface area (Å²) < 4.78 is 50.1. The molecule has 0 saturated heterocycles. The molecule has 0 fully saturated rings. The molecule has 1 aliphatic rings. The number of nitrogens with zero attached hydrogens (tertiary/aromatic N) is 3. The van der Waals surface area contributed by atoms with Gasteiger partial charge in [0.2, 0.25) is 21.8 Å². The van der Waals surface area contributed by atoms with Gasteiger partial charge < -0.3 is 23.8 Å². The zero-order valence-corrected chi connectivity index (χ0v) is 46.3. The molecule has 0 aliphatic carbocycles. The lowest BCUT2D eigenvalue weighted by Crippen LogP contribution is -2.54. The van der Waals surface area contributed by atoms with E-state index in [4.69, 9.17) is 13.6 Å². The van der Waals surface area contributed by atoms with Crippen LogP contribution in [0.25, 0.3) is 0 Å². The van der Waals surface area contributed by atoms with Gasteiger partial charge >= 0.3 is 0 Å². The Labute approximate surface area is 416 Å². The third kappa shape index (κ3) is 14.7. The molecule has 382 valence electrons. The maximum atomic E-state index is 15.0. The van der Waals surface area contributed by atoms with Crippen LogP contribution < -0.4 is 10.1 Å². The number of nitrogens with one attached hydrogen (secondary N) is 1. The highest BCUT2D eigenvalue weighted by atomic mass is 32.2.